The van der Waals surface area contributed by atoms with Gasteiger partial charge in [-0.3, -0.25) is 14.7 Å². The topological polar surface area (TPSA) is 54.9 Å². The Balaban J connectivity index is 1.59. The van der Waals surface area contributed by atoms with Crippen LogP contribution in [0.4, 0.5) is 0 Å². The Hall–Kier alpha value is -2.60. The molecular formula is C19H23N3O3. The molecule has 1 aliphatic heterocycles. The molecule has 0 saturated carbocycles. The Bertz CT molecular complexity index is 713. The molecule has 1 saturated heterocycles. The van der Waals surface area contributed by atoms with Crippen molar-refractivity contribution in [3.8, 4) is 11.5 Å². The van der Waals surface area contributed by atoms with Gasteiger partial charge < -0.3 is 14.4 Å². The number of carbonyl (C=O) groups excluding carboxylic acids is 1. The lowest BCUT2D eigenvalue weighted by atomic mass is 10.1. The summed E-state index contributed by atoms with van der Waals surface area (Å²) in [7, 11) is 3.32. The first-order valence-corrected chi connectivity index (χ1v) is 8.34. The van der Waals surface area contributed by atoms with Crippen LogP contribution in [0.15, 0.2) is 42.7 Å². The fourth-order valence-electron chi connectivity index (χ4n) is 3.00. The maximum atomic E-state index is 12.5. The Morgan fingerprint density at radius 2 is 1.92 bits per heavy atom. The van der Waals surface area contributed by atoms with Crippen LogP contribution in [0.1, 0.15) is 15.9 Å². The first-order valence-electron chi connectivity index (χ1n) is 8.34. The number of methoxy groups -OCH3 is 2. The number of carbonyl (C=O) groups is 1. The molecule has 0 spiro atoms. The molecule has 6 nitrogen and oxygen atoms in total. The van der Waals surface area contributed by atoms with Gasteiger partial charge in [-0.2, -0.15) is 0 Å². The third-order valence-electron chi connectivity index (χ3n) is 4.46. The van der Waals surface area contributed by atoms with Crippen molar-refractivity contribution in [1.29, 1.82) is 0 Å². The van der Waals surface area contributed by atoms with Crippen molar-refractivity contribution in [2.45, 2.75) is 6.54 Å². The van der Waals surface area contributed by atoms with Crippen LogP contribution in [0, 0.1) is 0 Å². The summed E-state index contributed by atoms with van der Waals surface area (Å²) in [4.78, 5) is 20.7. The smallest absolute Gasteiger partial charge is 0.255 e. The standard InChI is InChI=1S/C19H23N3O3/c1-24-17-6-5-16(18(12-17)25-2)14-21-8-10-22(11-9-21)19(23)15-4-3-7-20-13-15/h3-7,12-13H,8-11,14H2,1-2H3. The lowest BCUT2D eigenvalue weighted by Gasteiger charge is -2.35. The van der Waals surface area contributed by atoms with Gasteiger partial charge in [-0.05, 0) is 18.2 Å². The second kappa shape index (κ2) is 7.98. The Kier molecular flexibility index (Phi) is 5.50. The van der Waals surface area contributed by atoms with E-state index in [4.69, 9.17) is 9.47 Å². The van der Waals surface area contributed by atoms with Gasteiger partial charge in [-0.15, -0.1) is 0 Å². The van der Waals surface area contributed by atoms with E-state index in [1.165, 1.54) is 0 Å². The fraction of sp³-hybridized carbons (Fsp3) is 0.368. The predicted molar refractivity (Wildman–Crippen MR) is 95.0 cm³/mol. The van der Waals surface area contributed by atoms with E-state index in [2.05, 4.69) is 9.88 Å². The molecule has 1 aromatic heterocycles. The second-order valence-electron chi connectivity index (χ2n) is 5.99. The van der Waals surface area contributed by atoms with Crippen molar-refractivity contribution in [3.63, 3.8) is 0 Å². The van der Waals surface area contributed by atoms with E-state index in [9.17, 15) is 4.79 Å². The van der Waals surface area contributed by atoms with E-state index >= 15 is 0 Å². The predicted octanol–water partition coefficient (Wildman–Crippen LogP) is 2.06. The van der Waals surface area contributed by atoms with Crippen molar-refractivity contribution in [2.24, 2.45) is 0 Å². The molecule has 6 heteroatoms. The van der Waals surface area contributed by atoms with Crippen LogP contribution in [-0.4, -0.2) is 61.1 Å². The molecule has 1 fully saturated rings. The molecule has 0 unspecified atom stereocenters. The maximum absolute atomic E-state index is 12.5. The van der Waals surface area contributed by atoms with Gasteiger partial charge in [0.25, 0.3) is 5.91 Å². The zero-order valence-corrected chi connectivity index (χ0v) is 14.6. The summed E-state index contributed by atoms with van der Waals surface area (Å²) in [6, 6.07) is 9.48. The number of aromatic nitrogens is 1. The van der Waals surface area contributed by atoms with E-state index in [0.717, 1.165) is 36.7 Å². The number of rotatable bonds is 5. The molecule has 1 aliphatic rings. The number of benzene rings is 1. The summed E-state index contributed by atoms with van der Waals surface area (Å²) in [5.41, 5.74) is 1.77. The minimum atomic E-state index is 0.0507. The Morgan fingerprint density at radius 3 is 2.56 bits per heavy atom. The first-order chi connectivity index (χ1) is 12.2. The largest absolute Gasteiger partial charge is 0.497 e. The Labute approximate surface area is 148 Å². The van der Waals surface area contributed by atoms with Gasteiger partial charge in [0.05, 0.1) is 19.8 Å². The molecular weight excluding hydrogens is 318 g/mol. The summed E-state index contributed by atoms with van der Waals surface area (Å²) < 4.78 is 10.7. The van der Waals surface area contributed by atoms with E-state index in [-0.39, 0.29) is 5.91 Å². The lowest BCUT2D eigenvalue weighted by molar-refractivity contribution is 0.0627. The van der Waals surface area contributed by atoms with E-state index in [1.54, 1.807) is 32.7 Å². The molecule has 0 aliphatic carbocycles. The molecule has 0 N–H and O–H groups in total. The minimum absolute atomic E-state index is 0.0507. The van der Waals surface area contributed by atoms with Gasteiger partial charge in [0.15, 0.2) is 0 Å². The van der Waals surface area contributed by atoms with Crippen LogP contribution in [0.2, 0.25) is 0 Å². The van der Waals surface area contributed by atoms with Gasteiger partial charge in [-0.1, -0.05) is 6.07 Å². The molecule has 25 heavy (non-hydrogen) atoms. The summed E-state index contributed by atoms with van der Waals surface area (Å²) in [6.07, 6.45) is 3.30. The van der Waals surface area contributed by atoms with Crippen LogP contribution in [-0.2, 0) is 6.54 Å². The van der Waals surface area contributed by atoms with E-state index < -0.39 is 0 Å². The van der Waals surface area contributed by atoms with Crippen LogP contribution in [0.25, 0.3) is 0 Å². The number of piperazine rings is 1. The maximum Gasteiger partial charge on any atom is 0.255 e. The number of amides is 1. The minimum Gasteiger partial charge on any atom is -0.497 e. The number of hydrogen-bond acceptors (Lipinski definition) is 5. The van der Waals surface area contributed by atoms with Gasteiger partial charge in [0.2, 0.25) is 0 Å². The number of ether oxygens (including phenoxy) is 2. The average Bonchev–Trinajstić information content (AvgIpc) is 2.69. The normalized spacial score (nSPS) is 15.0. The summed E-state index contributed by atoms with van der Waals surface area (Å²) >= 11 is 0. The zero-order chi connectivity index (χ0) is 17.6. The van der Waals surface area contributed by atoms with Gasteiger partial charge in [0.1, 0.15) is 11.5 Å². The van der Waals surface area contributed by atoms with Gasteiger partial charge >= 0.3 is 0 Å². The molecule has 0 atom stereocenters. The third-order valence-corrected chi connectivity index (χ3v) is 4.46. The average molecular weight is 341 g/mol. The lowest BCUT2D eigenvalue weighted by Crippen LogP contribution is -2.48. The van der Waals surface area contributed by atoms with E-state index in [0.29, 0.717) is 18.7 Å². The molecule has 0 bridgehead atoms. The number of nitrogens with zero attached hydrogens (tertiary/aromatic N) is 3. The quantitative estimate of drug-likeness (QED) is 0.833. The van der Waals surface area contributed by atoms with Crippen LogP contribution in [0.5, 0.6) is 11.5 Å². The molecule has 1 aromatic carbocycles. The van der Waals surface area contributed by atoms with Gasteiger partial charge in [0, 0.05) is 56.7 Å². The van der Waals surface area contributed by atoms with Crippen molar-refractivity contribution in [3.05, 3.63) is 53.9 Å². The van der Waals surface area contributed by atoms with Crippen molar-refractivity contribution in [1.82, 2.24) is 14.8 Å². The fourth-order valence-corrected chi connectivity index (χ4v) is 3.00. The molecule has 0 radical (unpaired) electrons. The summed E-state index contributed by atoms with van der Waals surface area (Å²) in [5, 5.41) is 0. The van der Waals surface area contributed by atoms with Crippen molar-refractivity contribution < 1.29 is 14.3 Å². The summed E-state index contributed by atoms with van der Waals surface area (Å²) in [5.74, 6) is 1.66. The molecule has 1 amide bonds. The third kappa shape index (κ3) is 4.09. The van der Waals surface area contributed by atoms with E-state index in [1.807, 2.05) is 29.2 Å². The highest BCUT2D eigenvalue weighted by Gasteiger charge is 2.22. The van der Waals surface area contributed by atoms with Crippen molar-refractivity contribution >= 4 is 5.91 Å². The van der Waals surface area contributed by atoms with Crippen LogP contribution in [0.3, 0.4) is 0 Å². The highest BCUT2D eigenvalue weighted by atomic mass is 16.5. The zero-order valence-electron chi connectivity index (χ0n) is 14.6. The summed E-state index contributed by atoms with van der Waals surface area (Å²) in [6.45, 7) is 3.89. The molecule has 132 valence electrons. The molecule has 2 aromatic rings. The molecule has 3 rings (SSSR count). The highest BCUT2D eigenvalue weighted by Crippen LogP contribution is 2.26. The number of hydrogen-bond donors (Lipinski definition) is 0. The Morgan fingerprint density at radius 1 is 1.12 bits per heavy atom. The number of pyridine rings is 1. The van der Waals surface area contributed by atoms with Crippen LogP contribution >= 0.6 is 0 Å². The van der Waals surface area contributed by atoms with Crippen LogP contribution < -0.4 is 9.47 Å². The van der Waals surface area contributed by atoms with Crippen molar-refractivity contribution in [2.75, 3.05) is 40.4 Å². The van der Waals surface area contributed by atoms with Gasteiger partial charge in [-0.25, -0.2) is 0 Å². The highest BCUT2D eigenvalue weighted by molar-refractivity contribution is 5.93. The molecule has 2 heterocycles. The SMILES string of the molecule is COc1ccc(CN2CCN(C(=O)c3cccnc3)CC2)c(OC)c1. The first kappa shape index (κ1) is 17.2. The monoisotopic (exact) mass is 341 g/mol. The second-order valence-corrected chi connectivity index (χ2v) is 5.99.